The largest absolute Gasteiger partial charge is 0.332 e. The first kappa shape index (κ1) is 15.2. The molecule has 2 aromatic heterocycles. The number of aromatic nitrogens is 5. The lowest BCUT2D eigenvalue weighted by Gasteiger charge is -2.26. The van der Waals surface area contributed by atoms with Gasteiger partial charge in [-0.15, -0.1) is 5.10 Å². The minimum absolute atomic E-state index is 0.0586. The Morgan fingerprint density at radius 3 is 2.88 bits per heavy atom. The van der Waals surface area contributed by atoms with E-state index in [-0.39, 0.29) is 23.6 Å². The molecule has 0 aliphatic carbocycles. The molecule has 0 saturated heterocycles. The van der Waals surface area contributed by atoms with Crippen LogP contribution >= 0.6 is 0 Å². The van der Waals surface area contributed by atoms with E-state index in [9.17, 15) is 9.18 Å². The number of carbonyl (C=O) groups excluding carboxylic acids is 1. The second kappa shape index (κ2) is 5.76. The van der Waals surface area contributed by atoms with E-state index in [1.807, 2.05) is 41.1 Å². The summed E-state index contributed by atoms with van der Waals surface area (Å²) in [5, 5.41) is 4.36. The fourth-order valence-electron chi connectivity index (χ4n) is 3.71. The number of rotatable bonds is 2. The molecule has 8 heteroatoms. The van der Waals surface area contributed by atoms with Crippen LogP contribution in [0.15, 0.2) is 42.7 Å². The number of carbonyl (C=O) groups is 1. The van der Waals surface area contributed by atoms with Gasteiger partial charge in [-0.25, -0.2) is 19.0 Å². The summed E-state index contributed by atoms with van der Waals surface area (Å²) in [6.45, 7) is 1.66. The van der Waals surface area contributed by atoms with Gasteiger partial charge >= 0.3 is 0 Å². The fourth-order valence-corrected chi connectivity index (χ4v) is 3.71. The van der Waals surface area contributed by atoms with E-state index >= 15 is 0 Å². The van der Waals surface area contributed by atoms with Crippen LogP contribution in [0.1, 0.15) is 46.5 Å². The Balaban J connectivity index is 1.44. The number of halogens is 1. The molecule has 2 aliphatic heterocycles. The predicted molar refractivity (Wildman–Crippen MR) is 90.0 cm³/mol. The molecule has 5 rings (SSSR count). The first-order chi connectivity index (χ1) is 12.7. The monoisotopic (exact) mass is 352 g/mol. The molecule has 1 aromatic carbocycles. The summed E-state index contributed by atoms with van der Waals surface area (Å²) in [6.07, 6.45) is 2.72. The summed E-state index contributed by atoms with van der Waals surface area (Å²) >= 11 is 0. The summed E-state index contributed by atoms with van der Waals surface area (Å²) in [6, 6.07) is 9.41. The number of benzene rings is 1. The van der Waals surface area contributed by atoms with Crippen molar-refractivity contribution in [1.82, 2.24) is 29.2 Å². The van der Waals surface area contributed by atoms with E-state index in [1.165, 1.54) is 0 Å². The average Bonchev–Trinajstić information content (AvgIpc) is 3.37. The minimum atomic E-state index is -1.21. The molecule has 0 spiro atoms. The number of imidazole rings is 1. The maximum absolute atomic E-state index is 14.5. The van der Waals surface area contributed by atoms with Crippen molar-refractivity contribution in [3.63, 3.8) is 0 Å². The molecule has 4 heterocycles. The van der Waals surface area contributed by atoms with Crippen molar-refractivity contribution in [3.05, 3.63) is 65.8 Å². The highest BCUT2D eigenvalue weighted by Gasteiger charge is 2.37. The van der Waals surface area contributed by atoms with Crippen molar-refractivity contribution in [3.8, 4) is 0 Å². The highest BCUT2D eigenvalue weighted by Crippen LogP contribution is 2.39. The predicted octanol–water partition coefficient (Wildman–Crippen LogP) is 2.13. The number of fused-ring (bicyclic) bond motifs is 2. The molecule has 3 aromatic rings. The van der Waals surface area contributed by atoms with Gasteiger partial charge in [-0.3, -0.25) is 4.79 Å². The van der Waals surface area contributed by atoms with E-state index in [4.69, 9.17) is 0 Å². The van der Waals surface area contributed by atoms with Crippen LogP contribution in [0.2, 0.25) is 0 Å². The third kappa shape index (κ3) is 2.33. The molecule has 7 nitrogen and oxygen atoms in total. The topological polar surface area (TPSA) is 68.8 Å². The Morgan fingerprint density at radius 2 is 2.04 bits per heavy atom. The summed E-state index contributed by atoms with van der Waals surface area (Å²) in [5.41, 5.74) is 0.970. The third-order valence-corrected chi connectivity index (χ3v) is 5.07. The Morgan fingerprint density at radius 1 is 1.19 bits per heavy atom. The van der Waals surface area contributed by atoms with Crippen molar-refractivity contribution in [2.45, 2.75) is 31.7 Å². The molecule has 2 aliphatic rings. The lowest BCUT2D eigenvalue weighted by molar-refractivity contribution is 0.0694. The molecular formula is C18H17FN6O. The maximum Gasteiger partial charge on any atom is 0.294 e. The standard InChI is InChI=1S/C18H17FN6O/c19-13-10-14(12-4-2-1-3-5-12)25-17(13)21-16(22-25)18(26)24-9-8-23-7-6-20-15(23)11-24/h1-7,13-14H,8-11H2. The van der Waals surface area contributed by atoms with Gasteiger partial charge in [0.05, 0.1) is 12.6 Å². The van der Waals surface area contributed by atoms with Crippen LogP contribution in [0.25, 0.3) is 0 Å². The minimum Gasteiger partial charge on any atom is -0.332 e. The third-order valence-electron chi connectivity index (χ3n) is 5.07. The van der Waals surface area contributed by atoms with Gasteiger partial charge in [0.1, 0.15) is 5.82 Å². The van der Waals surface area contributed by atoms with E-state index in [0.29, 0.717) is 26.1 Å². The van der Waals surface area contributed by atoms with Gasteiger partial charge < -0.3 is 9.47 Å². The molecule has 2 atom stereocenters. The first-order valence-corrected chi connectivity index (χ1v) is 8.65. The van der Waals surface area contributed by atoms with Gasteiger partial charge in [0.2, 0.25) is 5.82 Å². The van der Waals surface area contributed by atoms with Crippen molar-refractivity contribution >= 4 is 5.91 Å². The summed E-state index contributed by atoms with van der Waals surface area (Å²) in [4.78, 5) is 23.0. The Bertz CT molecular complexity index is 965. The van der Waals surface area contributed by atoms with Gasteiger partial charge in [-0.1, -0.05) is 30.3 Å². The molecule has 2 unspecified atom stereocenters. The number of hydrogen-bond acceptors (Lipinski definition) is 4. The molecule has 26 heavy (non-hydrogen) atoms. The highest BCUT2D eigenvalue weighted by molar-refractivity contribution is 5.90. The normalized spacial score (nSPS) is 21.5. The SMILES string of the molecule is O=C(c1nc2n(n1)C(c1ccccc1)CC2F)N1CCn2ccnc2C1. The second-order valence-corrected chi connectivity index (χ2v) is 6.63. The maximum atomic E-state index is 14.5. The van der Waals surface area contributed by atoms with Crippen molar-refractivity contribution in [2.24, 2.45) is 0 Å². The van der Waals surface area contributed by atoms with Gasteiger partial charge in [-0.05, 0) is 5.56 Å². The zero-order valence-corrected chi connectivity index (χ0v) is 14.0. The van der Waals surface area contributed by atoms with Crippen molar-refractivity contribution in [1.29, 1.82) is 0 Å². The fraction of sp³-hybridized carbons (Fsp3) is 0.333. The zero-order chi connectivity index (χ0) is 17.7. The van der Waals surface area contributed by atoms with Crippen LogP contribution in [0.5, 0.6) is 0 Å². The zero-order valence-electron chi connectivity index (χ0n) is 14.0. The van der Waals surface area contributed by atoms with Gasteiger partial charge in [-0.2, -0.15) is 0 Å². The van der Waals surface area contributed by atoms with E-state index in [1.54, 1.807) is 15.8 Å². The smallest absolute Gasteiger partial charge is 0.294 e. The molecule has 132 valence electrons. The Kier molecular flexibility index (Phi) is 3.37. The number of amides is 1. The summed E-state index contributed by atoms with van der Waals surface area (Å²) in [7, 11) is 0. The van der Waals surface area contributed by atoms with E-state index in [2.05, 4.69) is 15.1 Å². The first-order valence-electron chi connectivity index (χ1n) is 8.65. The van der Waals surface area contributed by atoms with Gasteiger partial charge in [0.15, 0.2) is 12.0 Å². The lowest BCUT2D eigenvalue weighted by Crippen LogP contribution is -2.38. The Hall–Kier alpha value is -3.03. The second-order valence-electron chi connectivity index (χ2n) is 6.63. The number of hydrogen-bond donors (Lipinski definition) is 0. The van der Waals surface area contributed by atoms with Crippen LogP contribution < -0.4 is 0 Å². The van der Waals surface area contributed by atoms with Crippen LogP contribution in [-0.4, -0.2) is 41.7 Å². The van der Waals surface area contributed by atoms with Crippen LogP contribution in [0.3, 0.4) is 0 Å². The summed E-state index contributed by atoms with van der Waals surface area (Å²) in [5.74, 6) is 0.853. The molecule has 0 fully saturated rings. The van der Waals surface area contributed by atoms with E-state index in [0.717, 1.165) is 11.4 Å². The van der Waals surface area contributed by atoms with Crippen molar-refractivity contribution < 1.29 is 9.18 Å². The lowest BCUT2D eigenvalue weighted by atomic mass is 10.0. The van der Waals surface area contributed by atoms with Gasteiger partial charge in [0.25, 0.3) is 5.91 Å². The van der Waals surface area contributed by atoms with E-state index < -0.39 is 6.17 Å². The van der Waals surface area contributed by atoms with Crippen LogP contribution in [0.4, 0.5) is 4.39 Å². The molecule has 0 saturated carbocycles. The van der Waals surface area contributed by atoms with Crippen molar-refractivity contribution in [2.75, 3.05) is 6.54 Å². The average molecular weight is 352 g/mol. The molecule has 1 amide bonds. The molecular weight excluding hydrogens is 335 g/mol. The quantitative estimate of drug-likeness (QED) is 0.709. The molecule has 0 bridgehead atoms. The Labute approximate surface area is 149 Å². The molecule has 0 N–H and O–H groups in total. The van der Waals surface area contributed by atoms with Crippen LogP contribution in [0, 0.1) is 0 Å². The highest BCUT2D eigenvalue weighted by atomic mass is 19.1. The number of nitrogens with zero attached hydrogens (tertiary/aromatic N) is 6. The van der Waals surface area contributed by atoms with Gasteiger partial charge in [0, 0.05) is 31.9 Å². The number of alkyl halides is 1. The van der Waals surface area contributed by atoms with Crippen LogP contribution in [-0.2, 0) is 13.1 Å². The molecule has 0 radical (unpaired) electrons. The summed E-state index contributed by atoms with van der Waals surface area (Å²) < 4.78 is 18.1.